The molecule has 0 aromatic heterocycles. The maximum Gasteiger partial charge on any atom is 0.323 e. The number of carbonyl (C=O) groups excluding carboxylic acids is 1. The van der Waals surface area contributed by atoms with Crippen molar-refractivity contribution in [3.8, 4) is 0 Å². The topological polar surface area (TPSA) is 81.2 Å². The van der Waals surface area contributed by atoms with Gasteiger partial charge in [-0.05, 0) is 6.42 Å². The molecule has 3 aliphatic heterocycles. The zero-order valence-electron chi connectivity index (χ0n) is 9.85. The average molecular weight is 240 g/mol. The lowest BCUT2D eigenvalue weighted by Gasteiger charge is -2.50. The van der Waals surface area contributed by atoms with E-state index in [1.807, 2.05) is 0 Å². The fraction of sp³-hybridized carbons (Fsp3) is 0.818. The van der Waals surface area contributed by atoms with E-state index in [1.54, 1.807) is 0 Å². The third-order valence-electron chi connectivity index (χ3n) is 3.03. The van der Waals surface area contributed by atoms with Crippen LogP contribution in [0.5, 0.6) is 0 Å². The zero-order chi connectivity index (χ0) is 12.4. The quantitative estimate of drug-likeness (QED) is 0.403. The molecule has 0 N–H and O–H groups in total. The molecule has 0 aromatic carbocycles. The summed E-state index contributed by atoms with van der Waals surface area (Å²) in [5.74, 6) is -1.19. The van der Waals surface area contributed by atoms with Crippen LogP contribution in [0.2, 0.25) is 0 Å². The van der Waals surface area contributed by atoms with Crippen molar-refractivity contribution in [3.63, 3.8) is 0 Å². The smallest absolute Gasteiger partial charge is 0.323 e. The van der Waals surface area contributed by atoms with Crippen LogP contribution in [0.4, 0.5) is 0 Å². The highest BCUT2D eigenvalue weighted by atomic mass is 16.9. The van der Waals surface area contributed by atoms with E-state index in [1.165, 1.54) is 0 Å². The molecule has 6 nitrogen and oxygen atoms in total. The molecular formula is C11H16N2O4. The Hall–Kier alpha value is -1.07. The molecule has 0 atom stereocenters. The normalized spacial score (nSPS) is 35.4. The summed E-state index contributed by atoms with van der Waals surface area (Å²) in [6, 6.07) is 0. The highest BCUT2D eigenvalue weighted by Crippen LogP contribution is 2.40. The third kappa shape index (κ3) is 2.79. The van der Waals surface area contributed by atoms with Gasteiger partial charge < -0.3 is 19.7 Å². The molecule has 0 saturated carbocycles. The Morgan fingerprint density at radius 2 is 1.94 bits per heavy atom. The third-order valence-corrected chi connectivity index (χ3v) is 3.03. The van der Waals surface area contributed by atoms with E-state index >= 15 is 0 Å². The van der Waals surface area contributed by atoms with Crippen LogP contribution in [0.3, 0.4) is 0 Å². The molecular weight excluding hydrogens is 224 g/mol. The fourth-order valence-electron chi connectivity index (χ4n) is 1.93. The Labute approximate surface area is 99.5 Å². The maximum absolute atomic E-state index is 11.1. The van der Waals surface area contributed by atoms with Gasteiger partial charge in [0.15, 0.2) is 0 Å². The Morgan fingerprint density at radius 3 is 2.47 bits per heavy atom. The molecule has 3 heterocycles. The monoisotopic (exact) mass is 240 g/mol. The van der Waals surface area contributed by atoms with Crippen molar-refractivity contribution in [2.75, 3.05) is 19.8 Å². The van der Waals surface area contributed by atoms with E-state index in [2.05, 4.69) is 11.7 Å². The van der Waals surface area contributed by atoms with Gasteiger partial charge in [-0.1, -0.05) is 6.92 Å². The molecule has 3 aliphatic rings. The van der Waals surface area contributed by atoms with Crippen molar-refractivity contribution < 1.29 is 23.8 Å². The minimum absolute atomic E-state index is 0.0406. The maximum atomic E-state index is 11.1. The van der Waals surface area contributed by atoms with Crippen LogP contribution in [0, 0.1) is 5.41 Å². The van der Waals surface area contributed by atoms with Gasteiger partial charge in [0.05, 0.1) is 19.8 Å². The molecule has 17 heavy (non-hydrogen) atoms. The SMILES string of the molecule is CC12COC(CCCC(=O)C=[N+]=[N-])(OC1)OC2. The molecule has 6 heteroatoms. The second-order valence-corrected chi connectivity index (χ2v) is 4.92. The molecule has 94 valence electrons. The number of rotatable bonds is 5. The van der Waals surface area contributed by atoms with Crippen molar-refractivity contribution in [2.45, 2.75) is 32.2 Å². The first kappa shape index (κ1) is 12.4. The second-order valence-electron chi connectivity index (χ2n) is 4.92. The van der Waals surface area contributed by atoms with Crippen LogP contribution in [0.25, 0.3) is 5.53 Å². The molecule has 3 saturated heterocycles. The Kier molecular flexibility index (Phi) is 3.40. The van der Waals surface area contributed by atoms with Gasteiger partial charge >= 0.3 is 6.21 Å². The summed E-state index contributed by atoms with van der Waals surface area (Å²) < 4.78 is 16.7. The number of nitrogens with zero attached hydrogens (tertiary/aromatic N) is 2. The summed E-state index contributed by atoms with van der Waals surface area (Å²) in [5, 5.41) is 0. The van der Waals surface area contributed by atoms with Crippen molar-refractivity contribution in [2.24, 2.45) is 5.41 Å². The minimum Gasteiger partial charge on any atom is -0.361 e. The number of carbonyl (C=O) groups is 1. The van der Waals surface area contributed by atoms with Gasteiger partial charge in [-0.2, -0.15) is 4.79 Å². The first-order valence-electron chi connectivity index (χ1n) is 5.70. The summed E-state index contributed by atoms with van der Waals surface area (Å²) >= 11 is 0. The zero-order valence-corrected chi connectivity index (χ0v) is 9.85. The van der Waals surface area contributed by atoms with E-state index < -0.39 is 5.97 Å². The number of ketones is 1. The lowest BCUT2D eigenvalue weighted by Crippen LogP contribution is -2.58. The first-order chi connectivity index (χ1) is 8.08. The molecule has 0 amide bonds. The molecule has 3 rings (SSSR count). The fourth-order valence-corrected chi connectivity index (χ4v) is 1.93. The van der Waals surface area contributed by atoms with E-state index in [-0.39, 0.29) is 11.2 Å². The van der Waals surface area contributed by atoms with Gasteiger partial charge in [-0.15, -0.1) is 0 Å². The van der Waals surface area contributed by atoms with Crippen LogP contribution >= 0.6 is 0 Å². The van der Waals surface area contributed by atoms with E-state index in [9.17, 15) is 4.79 Å². The van der Waals surface area contributed by atoms with Gasteiger partial charge in [-0.25, -0.2) is 0 Å². The minimum atomic E-state index is -0.964. The van der Waals surface area contributed by atoms with Crippen LogP contribution in [0.15, 0.2) is 0 Å². The first-order valence-corrected chi connectivity index (χ1v) is 5.70. The van der Waals surface area contributed by atoms with Crippen molar-refractivity contribution in [1.29, 1.82) is 0 Å². The van der Waals surface area contributed by atoms with Gasteiger partial charge in [0.2, 0.25) is 5.78 Å². The molecule has 0 unspecified atom stereocenters. The molecule has 3 fully saturated rings. The van der Waals surface area contributed by atoms with Crippen molar-refractivity contribution >= 4 is 12.0 Å². The number of fused-ring (bicyclic) bond motifs is 3. The van der Waals surface area contributed by atoms with Gasteiger partial charge in [0, 0.05) is 18.3 Å². The molecule has 0 aliphatic carbocycles. The lowest BCUT2D eigenvalue weighted by molar-refractivity contribution is -0.467. The highest BCUT2D eigenvalue weighted by molar-refractivity contribution is 6.25. The van der Waals surface area contributed by atoms with E-state index in [4.69, 9.17) is 19.7 Å². The van der Waals surface area contributed by atoms with Crippen LogP contribution in [0.1, 0.15) is 26.2 Å². The van der Waals surface area contributed by atoms with Crippen molar-refractivity contribution in [3.05, 3.63) is 5.53 Å². The summed E-state index contributed by atoms with van der Waals surface area (Å²) in [5.41, 5.74) is 8.15. The number of ether oxygens (including phenoxy) is 3. The molecule has 0 spiro atoms. The lowest BCUT2D eigenvalue weighted by atomic mass is 9.91. The number of hydrogen-bond donors (Lipinski definition) is 0. The number of hydrogen-bond acceptors (Lipinski definition) is 4. The van der Waals surface area contributed by atoms with Gasteiger partial charge in [0.25, 0.3) is 5.97 Å². The predicted molar refractivity (Wildman–Crippen MR) is 57.2 cm³/mol. The summed E-state index contributed by atoms with van der Waals surface area (Å²) in [4.78, 5) is 13.8. The van der Waals surface area contributed by atoms with Crippen LogP contribution < -0.4 is 0 Å². The van der Waals surface area contributed by atoms with Crippen LogP contribution in [-0.4, -0.2) is 42.6 Å². The molecule has 2 bridgehead atoms. The Bertz CT molecular complexity index is 338. The Morgan fingerprint density at radius 1 is 1.35 bits per heavy atom. The largest absolute Gasteiger partial charge is 0.361 e. The summed E-state index contributed by atoms with van der Waals surface area (Å²) in [6.07, 6.45) is 2.27. The second kappa shape index (κ2) is 4.66. The standard InChI is InChI=1S/C11H16N2O4/c1-10-6-15-11(16-7-10,17-8-10)4-2-3-9(14)5-13-12/h5H,2-4,6-8H2,1H3. The van der Waals surface area contributed by atoms with Gasteiger partial charge in [0.1, 0.15) is 0 Å². The Balaban J connectivity index is 1.80. The van der Waals surface area contributed by atoms with Crippen molar-refractivity contribution in [1.82, 2.24) is 0 Å². The predicted octanol–water partition coefficient (Wildman–Crippen LogP) is 0.764. The number of Topliss-reactive ketones (excluding diaryl/α,β-unsaturated/α-hetero) is 1. The summed E-state index contributed by atoms with van der Waals surface area (Å²) in [7, 11) is 0. The van der Waals surface area contributed by atoms with E-state index in [0.717, 1.165) is 6.21 Å². The molecule has 0 aromatic rings. The molecule has 0 radical (unpaired) electrons. The van der Waals surface area contributed by atoms with Gasteiger partial charge in [-0.3, -0.25) is 4.79 Å². The van der Waals surface area contributed by atoms with Crippen LogP contribution in [-0.2, 0) is 19.0 Å². The summed E-state index contributed by atoms with van der Waals surface area (Å²) in [6.45, 7) is 3.93. The average Bonchev–Trinajstić information content (AvgIpc) is 2.32. The van der Waals surface area contributed by atoms with E-state index in [0.29, 0.717) is 39.1 Å². The highest BCUT2D eigenvalue weighted by Gasteiger charge is 2.49.